The van der Waals surface area contributed by atoms with Gasteiger partial charge in [0.05, 0.1) is 0 Å². The molecule has 4 rings (SSSR count). The molecule has 1 N–H and O–H groups in total. The first-order valence-electron chi connectivity index (χ1n) is 8.29. The number of aromatic nitrogens is 2. The van der Waals surface area contributed by atoms with Gasteiger partial charge in [-0.1, -0.05) is 6.92 Å². The predicted octanol–water partition coefficient (Wildman–Crippen LogP) is 1.81. The van der Waals surface area contributed by atoms with E-state index in [2.05, 4.69) is 21.8 Å². The zero-order valence-corrected chi connectivity index (χ0v) is 14.1. The summed E-state index contributed by atoms with van der Waals surface area (Å²) in [5.41, 5.74) is 0.624. The summed E-state index contributed by atoms with van der Waals surface area (Å²) in [7, 11) is -3.51. The monoisotopic (exact) mass is 334 g/mol. The van der Waals surface area contributed by atoms with Crippen molar-refractivity contribution in [2.24, 2.45) is 0 Å². The van der Waals surface area contributed by atoms with Crippen molar-refractivity contribution in [2.75, 3.05) is 19.6 Å². The Bertz CT molecular complexity index is 816. The number of H-pyrrole nitrogens is 1. The van der Waals surface area contributed by atoms with Gasteiger partial charge in [-0.3, -0.25) is 4.90 Å². The van der Waals surface area contributed by atoms with E-state index in [0.29, 0.717) is 28.5 Å². The van der Waals surface area contributed by atoms with Crippen molar-refractivity contribution in [2.45, 2.75) is 43.2 Å². The molecule has 124 valence electrons. The van der Waals surface area contributed by atoms with Crippen molar-refractivity contribution in [3.8, 4) is 0 Å². The molecule has 0 bridgehead atoms. The molecule has 0 radical (unpaired) electrons. The summed E-state index contributed by atoms with van der Waals surface area (Å²) in [6.07, 6.45) is 6.36. The van der Waals surface area contributed by atoms with E-state index < -0.39 is 10.0 Å². The van der Waals surface area contributed by atoms with Gasteiger partial charge in [-0.2, -0.15) is 4.31 Å². The minimum Gasteiger partial charge on any atom is -0.345 e. The fraction of sp³-hybridized carbons (Fsp3) is 0.562. The molecule has 2 fully saturated rings. The van der Waals surface area contributed by atoms with Gasteiger partial charge in [-0.15, -0.1) is 0 Å². The highest BCUT2D eigenvalue weighted by molar-refractivity contribution is 7.89. The highest BCUT2D eigenvalue weighted by atomic mass is 32.2. The third kappa shape index (κ3) is 2.38. The number of hydrogen-bond acceptors (Lipinski definition) is 4. The number of aromatic amines is 1. The first-order valence-corrected chi connectivity index (χ1v) is 9.73. The molecule has 2 aromatic heterocycles. The summed E-state index contributed by atoms with van der Waals surface area (Å²) in [6, 6.07) is 4.02. The van der Waals surface area contributed by atoms with E-state index in [1.54, 1.807) is 22.8 Å². The van der Waals surface area contributed by atoms with Gasteiger partial charge in [0.2, 0.25) is 10.0 Å². The van der Waals surface area contributed by atoms with Crippen LogP contribution < -0.4 is 0 Å². The first kappa shape index (κ1) is 15.1. The van der Waals surface area contributed by atoms with Gasteiger partial charge in [-0.25, -0.2) is 13.4 Å². The molecule has 23 heavy (non-hydrogen) atoms. The third-order valence-corrected chi connectivity index (χ3v) is 7.17. The number of nitrogens with one attached hydrogen (secondary N) is 1. The normalized spacial score (nSPS) is 26.7. The van der Waals surface area contributed by atoms with Crippen LogP contribution in [0.1, 0.15) is 26.2 Å². The highest BCUT2D eigenvalue weighted by Crippen LogP contribution is 2.32. The average Bonchev–Trinajstić information content (AvgIpc) is 3.19. The Kier molecular flexibility index (Phi) is 3.66. The summed E-state index contributed by atoms with van der Waals surface area (Å²) in [4.78, 5) is 10.00. The number of piperazine rings is 1. The van der Waals surface area contributed by atoms with Crippen molar-refractivity contribution in [3.05, 3.63) is 24.5 Å². The minimum atomic E-state index is -3.51. The fourth-order valence-corrected chi connectivity index (χ4v) is 5.84. The van der Waals surface area contributed by atoms with Crippen LogP contribution in [-0.4, -0.2) is 59.3 Å². The molecule has 6 nitrogen and oxygen atoms in total. The zero-order chi connectivity index (χ0) is 16.0. The van der Waals surface area contributed by atoms with Crippen LogP contribution in [0.4, 0.5) is 0 Å². The van der Waals surface area contributed by atoms with Crippen LogP contribution in [0.5, 0.6) is 0 Å². The molecule has 4 heterocycles. The molecule has 2 atom stereocenters. The van der Waals surface area contributed by atoms with Crippen LogP contribution in [-0.2, 0) is 10.0 Å². The largest absolute Gasteiger partial charge is 0.345 e. The number of rotatable bonds is 3. The van der Waals surface area contributed by atoms with E-state index in [-0.39, 0.29) is 6.04 Å². The Labute approximate surface area is 136 Å². The second-order valence-electron chi connectivity index (χ2n) is 6.48. The standard InChI is InChI=1S/C16H22N4O2S/c1-2-12-10-19-8-4-5-13(19)11-20(12)23(21,22)15-9-18-16-14(15)6-3-7-17-16/h3,6-7,9,12-13H,2,4-5,8,10-11H2,1H3,(H,17,18)/t12-,13-/m1/s1. The quantitative estimate of drug-likeness (QED) is 0.929. The number of sulfonamides is 1. The van der Waals surface area contributed by atoms with Gasteiger partial charge < -0.3 is 4.98 Å². The van der Waals surface area contributed by atoms with Crippen LogP contribution in [0, 0.1) is 0 Å². The maximum Gasteiger partial charge on any atom is 0.245 e. The maximum atomic E-state index is 13.3. The average molecular weight is 334 g/mol. The topological polar surface area (TPSA) is 69.3 Å². The van der Waals surface area contributed by atoms with Crippen LogP contribution in [0.3, 0.4) is 0 Å². The first-order chi connectivity index (χ1) is 11.1. The van der Waals surface area contributed by atoms with Crippen LogP contribution >= 0.6 is 0 Å². The Morgan fingerprint density at radius 3 is 3.09 bits per heavy atom. The SMILES string of the molecule is CC[C@@H]1CN2CCC[C@@H]2CN1S(=O)(=O)c1c[nH]c2ncccc12. The molecule has 0 aromatic carbocycles. The Morgan fingerprint density at radius 2 is 2.26 bits per heavy atom. The summed E-state index contributed by atoms with van der Waals surface area (Å²) in [6.45, 7) is 4.63. The maximum absolute atomic E-state index is 13.3. The van der Waals surface area contributed by atoms with Gasteiger partial charge in [0.25, 0.3) is 0 Å². The van der Waals surface area contributed by atoms with Gasteiger partial charge in [0.15, 0.2) is 0 Å². The van der Waals surface area contributed by atoms with Gasteiger partial charge in [-0.05, 0) is 37.9 Å². The van der Waals surface area contributed by atoms with E-state index in [9.17, 15) is 8.42 Å². The molecule has 2 saturated heterocycles. The molecule has 0 unspecified atom stereocenters. The molecular weight excluding hydrogens is 312 g/mol. The summed E-state index contributed by atoms with van der Waals surface area (Å²) >= 11 is 0. The molecule has 0 saturated carbocycles. The minimum absolute atomic E-state index is 0.0518. The summed E-state index contributed by atoms with van der Waals surface area (Å²) in [5, 5.41) is 0.677. The van der Waals surface area contributed by atoms with E-state index in [0.717, 1.165) is 25.9 Å². The number of hydrogen-bond donors (Lipinski definition) is 1. The van der Waals surface area contributed by atoms with Crippen LogP contribution in [0.2, 0.25) is 0 Å². The molecule has 7 heteroatoms. The van der Waals surface area contributed by atoms with Gasteiger partial charge in [0.1, 0.15) is 10.5 Å². The lowest BCUT2D eigenvalue weighted by Crippen LogP contribution is -2.57. The van der Waals surface area contributed by atoms with Gasteiger partial charge in [0, 0.05) is 43.0 Å². The molecule has 2 aliphatic heterocycles. The second-order valence-corrected chi connectivity index (χ2v) is 8.34. The zero-order valence-electron chi connectivity index (χ0n) is 13.3. The lowest BCUT2D eigenvalue weighted by molar-refractivity contribution is 0.106. The van der Waals surface area contributed by atoms with Crippen LogP contribution in [0.15, 0.2) is 29.4 Å². The second kappa shape index (κ2) is 5.58. The van der Waals surface area contributed by atoms with Crippen molar-refractivity contribution in [3.63, 3.8) is 0 Å². The molecule has 0 spiro atoms. The highest BCUT2D eigenvalue weighted by Gasteiger charge is 2.42. The molecule has 2 aliphatic rings. The lowest BCUT2D eigenvalue weighted by Gasteiger charge is -2.42. The molecule has 2 aromatic rings. The fourth-order valence-electron chi connectivity index (χ4n) is 3.96. The Hall–Kier alpha value is -1.44. The number of nitrogens with zero attached hydrogens (tertiary/aromatic N) is 3. The predicted molar refractivity (Wildman–Crippen MR) is 88.7 cm³/mol. The third-order valence-electron chi connectivity index (χ3n) is 5.21. The summed E-state index contributed by atoms with van der Waals surface area (Å²) < 4.78 is 28.3. The van der Waals surface area contributed by atoms with Crippen molar-refractivity contribution in [1.29, 1.82) is 0 Å². The summed E-state index contributed by atoms with van der Waals surface area (Å²) in [5.74, 6) is 0. The van der Waals surface area contributed by atoms with E-state index in [4.69, 9.17) is 0 Å². The number of fused-ring (bicyclic) bond motifs is 2. The number of pyridine rings is 1. The molecule has 0 amide bonds. The smallest absolute Gasteiger partial charge is 0.245 e. The molecule has 0 aliphatic carbocycles. The van der Waals surface area contributed by atoms with Crippen molar-refractivity contribution < 1.29 is 8.42 Å². The van der Waals surface area contributed by atoms with E-state index in [1.807, 2.05) is 6.07 Å². The van der Waals surface area contributed by atoms with Crippen LogP contribution in [0.25, 0.3) is 11.0 Å². The van der Waals surface area contributed by atoms with Gasteiger partial charge >= 0.3 is 0 Å². The van der Waals surface area contributed by atoms with Crippen molar-refractivity contribution in [1.82, 2.24) is 19.2 Å². The Balaban J connectivity index is 1.74. The van der Waals surface area contributed by atoms with Crippen molar-refractivity contribution >= 4 is 21.1 Å². The molecular formula is C16H22N4O2S. The Morgan fingerprint density at radius 1 is 1.39 bits per heavy atom. The lowest BCUT2D eigenvalue weighted by atomic mass is 10.1. The van der Waals surface area contributed by atoms with E-state index in [1.165, 1.54) is 6.42 Å². The van der Waals surface area contributed by atoms with E-state index >= 15 is 0 Å².